The molecule has 2 unspecified atom stereocenters. The smallest absolute Gasteiger partial charge is 0.0852 e. The second-order valence-corrected chi connectivity index (χ2v) is 7.62. The Kier molecular flexibility index (Phi) is 5.25. The highest BCUT2D eigenvalue weighted by Gasteiger charge is 2.25. The number of aliphatic hydroxyl groups is 1. The highest BCUT2D eigenvalue weighted by Crippen LogP contribution is 2.39. The summed E-state index contributed by atoms with van der Waals surface area (Å²) in [6, 6.07) is 1.95. The maximum atomic E-state index is 10.2. The van der Waals surface area contributed by atoms with Gasteiger partial charge in [-0.05, 0) is 50.4 Å². The number of thiophene rings is 1. The van der Waals surface area contributed by atoms with Gasteiger partial charge < -0.3 is 10.8 Å². The second kappa shape index (κ2) is 5.77. The molecule has 1 aromatic heterocycles. The second-order valence-electron chi connectivity index (χ2n) is 3.87. The Morgan fingerprint density at radius 1 is 1.47 bits per heavy atom. The van der Waals surface area contributed by atoms with Crippen molar-refractivity contribution in [2.24, 2.45) is 17.6 Å². The average molecular weight is 357 g/mol. The lowest BCUT2D eigenvalue weighted by atomic mass is 9.88. The molecular formula is C10H15Br2NOS. The van der Waals surface area contributed by atoms with Gasteiger partial charge in [-0.3, -0.25) is 0 Å². The van der Waals surface area contributed by atoms with Crippen molar-refractivity contribution in [2.45, 2.75) is 20.0 Å². The van der Waals surface area contributed by atoms with Gasteiger partial charge in [-0.15, -0.1) is 11.3 Å². The predicted octanol–water partition coefficient (Wildman–Crippen LogP) is 3.54. The van der Waals surface area contributed by atoms with Crippen molar-refractivity contribution >= 4 is 43.2 Å². The monoisotopic (exact) mass is 355 g/mol. The van der Waals surface area contributed by atoms with Crippen LogP contribution in [0.2, 0.25) is 0 Å². The molecule has 2 atom stereocenters. The Bertz CT molecular complexity index is 327. The number of aliphatic hydroxyl groups excluding tert-OH is 1. The van der Waals surface area contributed by atoms with Crippen molar-refractivity contribution < 1.29 is 5.11 Å². The van der Waals surface area contributed by atoms with Gasteiger partial charge in [0.25, 0.3) is 0 Å². The minimum atomic E-state index is -0.494. The van der Waals surface area contributed by atoms with E-state index in [2.05, 4.69) is 45.7 Å². The van der Waals surface area contributed by atoms with E-state index in [4.69, 9.17) is 5.73 Å². The van der Waals surface area contributed by atoms with Crippen LogP contribution in [0.5, 0.6) is 0 Å². The van der Waals surface area contributed by atoms with Crippen LogP contribution in [-0.2, 0) is 0 Å². The number of hydrogen-bond acceptors (Lipinski definition) is 3. The third-order valence-corrected chi connectivity index (χ3v) is 4.92. The summed E-state index contributed by atoms with van der Waals surface area (Å²) in [5.74, 6) is 0.471. The van der Waals surface area contributed by atoms with E-state index in [1.165, 1.54) is 0 Å². The fourth-order valence-corrected chi connectivity index (χ4v) is 4.46. The van der Waals surface area contributed by atoms with Crippen LogP contribution in [0.4, 0.5) is 0 Å². The van der Waals surface area contributed by atoms with E-state index in [1.54, 1.807) is 11.3 Å². The Labute approximate surface area is 111 Å². The zero-order chi connectivity index (χ0) is 11.6. The van der Waals surface area contributed by atoms with Crippen LogP contribution in [0, 0.1) is 11.8 Å². The Hall–Kier alpha value is 0.580. The predicted molar refractivity (Wildman–Crippen MR) is 72.1 cm³/mol. The van der Waals surface area contributed by atoms with Crippen LogP contribution >= 0.6 is 43.2 Å². The molecule has 0 saturated heterocycles. The molecule has 0 amide bonds. The molecule has 5 heteroatoms. The standard InChI is InChI=1S/C10H15Br2NOS/c1-5(2)7(4-13)9(14)6-3-8(11)15-10(6)12/h3,5,7,9,14H,4,13H2,1-2H3. The van der Waals surface area contributed by atoms with Gasteiger partial charge in [0, 0.05) is 11.5 Å². The molecule has 3 N–H and O–H groups in total. The van der Waals surface area contributed by atoms with E-state index >= 15 is 0 Å². The third-order valence-electron chi connectivity index (χ3n) is 2.54. The van der Waals surface area contributed by atoms with Gasteiger partial charge in [-0.1, -0.05) is 13.8 Å². The van der Waals surface area contributed by atoms with Gasteiger partial charge in [0.1, 0.15) is 0 Å². The van der Waals surface area contributed by atoms with Crippen molar-refractivity contribution in [3.05, 3.63) is 19.2 Å². The molecule has 0 radical (unpaired) electrons. The van der Waals surface area contributed by atoms with Gasteiger partial charge in [-0.25, -0.2) is 0 Å². The van der Waals surface area contributed by atoms with Crippen LogP contribution < -0.4 is 5.73 Å². The van der Waals surface area contributed by atoms with E-state index < -0.39 is 6.10 Å². The van der Waals surface area contributed by atoms with Crippen molar-refractivity contribution in [3.8, 4) is 0 Å². The summed E-state index contributed by atoms with van der Waals surface area (Å²) in [4.78, 5) is 0. The largest absolute Gasteiger partial charge is 0.388 e. The maximum absolute atomic E-state index is 10.2. The first-order chi connectivity index (χ1) is 6.97. The highest BCUT2D eigenvalue weighted by atomic mass is 79.9. The first-order valence-corrected chi connectivity index (χ1v) is 7.20. The molecule has 0 aliphatic heterocycles. The molecule has 0 saturated carbocycles. The van der Waals surface area contributed by atoms with Crippen molar-refractivity contribution in [1.82, 2.24) is 0 Å². The number of halogens is 2. The minimum absolute atomic E-state index is 0.0998. The summed E-state index contributed by atoms with van der Waals surface area (Å²) in [5.41, 5.74) is 6.61. The molecule has 0 spiro atoms. The van der Waals surface area contributed by atoms with E-state index in [0.717, 1.165) is 13.1 Å². The molecule has 0 aromatic carbocycles. The van der Waals surface area contributed by atoms with Crippen molar-refractivity contribution in [2.75, 3.05) is 6.54 Å². The van der Waals surface area contributed by atoms with Crippen molar-refractivity contribution in [1.29, 1.82) is 0 Å². The lowest BCUT2D eigenvalue weighted by molar-refractivity contribution is 0.0859. The molecule has 86 valence electrons. The summed E-state index contributed by atoms with van der Waals surface area (Å²) in [6.45, 7) is 4.66. The molecule has 1 aromatic rings. The summed E-state index contributed by atoms with van der Waals surface area (Å²) < 4.78 is 1.99. The molecule has 15 heavy (non-hydrogen) atoms. The molecular weight excluding hydrogens is 342 g/mol. The zero-order valence-corrected chi connectivity index (χ0v) is 12.7. The van der Waals surface area contributed by atoms with Crippen molar-refractivity contribution in [3.63, 3.8) is 0 Å². The summed E-state index contributed by atoms with van der Waals surface area (Å²) in [7, 11) is 0. The quantitative estimate of drug-likeness (QED) is 0.866. The topological polar surface area (TPSA) is 46.2 Å². The number of hydrogen-bond donors (Lipinski definition) is 2. The summed E-state index contributed by atoms with van der Waals surface area (Å²) in [5, 5.41) is 10.2. The minimum Gasteiger partial charge on any atom is -0.388 e. The SMILES string of the molecule is CC(C)C(CN)C(O)c1cc(Br)sc1Br. The highest BCUT2D eigenvalue weighted by molar-refractivity contribution is 9.12. The third kappa shape index (κ3) is 3.27. The van der Waals surface area contributed by atoms with Crippen LogP contribution in [0.1, 0.15) is 25.5 Å². The summed E-state index contributed by atoms with van der Waals surface area (Å²) >= 11 is 8.43. The molecule has 0 aliphatic carbocycles. The Balaban J connectivity index is 2.92. The van der Waals surface area contributed by atoms with Gasteiger partial charge in [0.2, 0.25) is 0 Å². The molecule has 0 fully saturated rings. The molecule has 1 rings (SSSR count). The zero-order valence-electron chi connectivity index (χ0n) is 8.71. The van der Waals surface area contributed by atoms with Crippen LogP contribution in [-0.4, -0.2) is 11.7 Å². The lowest BCUT2D eigenvalue weighted by Gasteiger charge is -2.24. The molecule has 0 aliphatic rings. The normalized spacial score (nSPS) is 15.7. The van der Waals surface area contributed by atoms with E-state index in [0.29, 0.717) is 12.5 Å². The number of nitrogens with two attached hydrogens (primary N) is 1. The maximum Gasteiger partial charge on any atom is 0.0852 e. The van der Waals surface area contributed by atoms with Gasteiger partial charge in [-0.2, -0.15) is 0 Å². The van der Waals surface area contributed by atoms with Crippen LogP contribution in [0.15, 0.2) is 13.6 Å². The van der Waals surface area contributed by atoms with Gasteiger partial charge in [0.05, 0.1) is 13.7 Å². The van der Waals surface area contributed by atoms with Crippen LogP contribution in [0.25, 0.3) is 0 Å². The van der Waals surface area contributed by atoms with E-state index in [9.17, 15) is 5.11 Å². The Morgan fingerprint density at radius 2 is 2.07 bits per heavy atom. The Morgan fingerprint density at radius 3 is 2.40 bits per heavy atom. The molecule has 2 nitrogen and oxygen atoms in total. The first-order valence-electron chi connectivity index (χ1n) is 4.80. The molecule has 0 bridgehead atoms. The van der Waals surface area contributed by atoms with E-state index in [-0.39, 0.29) is 5.92 Å². The average Bonchev–Trinajstić information content (AvgIpc) is 2.45. The van der Waals surface area contributed by atoms with Gasteiger partial charge >= 0.3 is 0 Å². The fourth-order valence-electron chi connectivity index (χ4n) is 1.55. The van der Waals surface area contributed by atoms with Crippen LogP contribution in [0.3, 0.4) is 0 Å². The number of rotatable bonds is 4. The first kappa shape index (κ1) is 13.6. The fraction of sp³-hybridized carbons (Fsp3) is 0.600. The van der Waals surface area contributed by atoms with E-state index in [1.807, 2.05) is 6.07 Å². The van der Waals surface area contributed by atoms with Gasteiger partial charge in [0.15, 0.2) is 0 Å². The lowest BCUT2D eigenvalue weighted by Crippen LogP contribution is -2.26. The summed E-state index contributed by atoms with van der Waals surface area (Å²) in [6.07, 6.45) is -0.494. The molecule has 1 heterocycles.